The number of rotatable bonds is 6. The lowest BCUT2D eigenvalue weighted by atomic mass is 10.1. The molecule has 0 saturated carbocycles. The number of aryl methyl sites for hydroxylation is 1. The molecule has 0 aromatic heterocycles. The number of nitro benzene ring substituents is 1. The molecule has 0 spiro atoms. The van der Waals surface area contributed by atoms with Gasteiger partial charge in [-0.2, -0.15) is 4.72 Å². The minimum atomic E-state index is -4.07. The van der Waals surface area contributed by atoms with Gasteiger partial charge in [-0.3, -0.25) is 14.9 Å². The minimum absolute atomic E-state index is 0.180. The van der Waals surface area contributed by atoms with Crippen LogP contribution >= 0.6 is 0 Å². The van der Waals surface area contributed by atoms with Crippen molar-refractivity contribution < 1.29 is 23.2 Å². The van der Waals surface area contributed by atoms with Gasteiger partial charge in [-0.1, -0.05) is 13.8 Å². The largest absolute Gasteiger partial charge is 0.480 e. The van der Waals surface area contributed by atoms with Crippen molar-refractivity contribution in [2.24, 2.45) is 5.92 Å². The molecule has 1 aromatic carbocycles. The zero-order valence-corrected chi connectivity index (χ0v) is 12.5. The van der Waals surface area contributed by atoms with Crippen molar-refractivity contribution >= 4 is 21.7 Å². The molecule has 0 aliphatic heterocycles. The zero-order valence-electron chi connectivity index (χ0n) is 11.7. The smallest absolute Gasteiger partial charge is 0.322 e. The van der Waals surface area contributed by atoms with Crippen LogP contribution in [0.4, 0.5) is 5.69 Å². The molecule has 1 rings (SSSR count). The second-order valence-electron chi connectivity index (χ2n) is 4.89. The lowest BCUT2D eigenvalue weighted by Gasteiger charge is -2.18. The Morgan fingerprint density at radius 1 is 1.38 bits per heavy atom. The second kappa shape index (κ2) is 6.19. The fraction of sp³-hybridized carbons (Fsp3) is 0.417. The highest BCUT2D eigenvalue weighted by molar-refractivity contribution is 7.89. The van der Waals surface area contributed by atoms with Crippen molar-refractivity contribution in [3.63, 3.8) is 0 Å². The van der Waals surface area contributed by atoms with Crippen molar-refractivity contribution in [2.75, 3.05) is 0 Å². The molecule has 0 aliphatic rings. The van der Waals surface area contributed by atoms with Crippen LogP contribution in [-0.2, 0) is 14.8 Å². The highest BCUT2D eigenvalue weighted by Crippen LogP contribution is 2.22. The Hall–Kier alpha value is -2.00. The van der Waals surface area contributed by atoms with Gasteiger partial charge in [0, 0.05) is 11.6 Å². The van der Waals surface area contributed by atoms with Crippen LogP contribution in [0.2, 0.25) is 0 Å². The molecular formula is C12H16N2O6S. The summed E-state index contributed by atoms with van der Waals surface area (Å²) in [6, 6.07) is 2.02. The van der Waals surface area contributed by atoms with E-state index in [1.54, 1.807) is 13.8 Å². The molecule has 0 amide bonds. The van der Waals surface area contributed by atoms with Crippen LogP contribution < -0.4 is 4.72 Å². The molecule has 21 heavy (non-hydrogen) atoms. The molecule has 0 bridgehead atoms. The molecule has 0 fully saturated rings. The van der Waals surface area contributed by atoms with Gasteiger partial charge in [-0.15, -0.1) is 0 Å². The highest BCUT2D eigenvalue weighted by atomic mass is 32.2. The Morgan fingerprint density at radius 3 is 2.33 bits per heavy atom. The van der Waals surface area contributed by atoms with Gasteiger partial charge >= 0.3 is 5.97 Å². The maximum Gasteiger partial charge on any atom is 0.322 e. The van der Waals surface area contributed by atoms with Crippen molar-refractivity contribution in [2.45, 2.75) is 31.7 Å². The van der Waals surface area contributed by atoms with Gasteiger partial charge in [0.05, 0.1) is 9.82 Å². The van der Waals surface area contributed by atoms with E-state index in [-0.39, 0.29) is 16.1 Å². The van der Waals surface area contributed by atoms with Gasteiger partial charge in [-0.25, -0.2) is 8.42 Å². The van der Waals surface area contributed by atoms with Crippen LogP contribution in [0.5, 0.6) is 0 Å². The van der Waals surface area contributed by atoms with E-state index >= 15 is 0 Å². The number of benzene rings is 1. The molecule has 116 valence electrons. The SMILES string of the molecule is Cc1cc(S(=O)(=O)N[C@@H](C(=O)O)C(C)C)ccc1[N+](=O)[O-]. The maximum absolute atomic E-state index is 12.1. The molecule has 2 N–H and O–H groups in total. The monoisotopic (exact) mass is 316 g/mol. The first-order chi connectivity index (χ1) is 9.56. The highest BCUT2D eigenvalue weighted by Gasteiger charge is 2.28. The minimum Gasteiger partial charge on any atom is -0.480 e. The van der Waals surface area contributed by atoms with Crippen LogP contribution in [0, 0.1) is 23.0 Å². The number of nitrogens with zero attached hydrogens (tertiary/aromatic N) is 1. The summed E-state index contributed by atoms with van der Waals surface area (Å²) in [4.78, 5) is 20.9. The van der Waals surface area contributed by atoms with E-state index < -0.39 is 32.9 Å². The predicted molar refractivity (Wildman–Crippen MR) is 74.4 cm³/mol. The third kappa shape index (κ3) is 3.99. The number of carboxylic acids is 1. The molecule has 0 heterocycles. The topological polar surface area (TPSA) is 127 Å². The van der Waals surface area contributed by atoms with E-state index in [0.717, 1.165) is 18.2 Å². The van der Waals surface area contributed by atoms with Crippen LogP contribution in [0.3, 0.4) is 0 Å². The van der Waals surface area contributed by atoms with Crippen molar-refractivity contribution in [1.82, 2.24) is 4.72 Å². The first-order valence-corrected chi connectivity index (χ1v) is 7.54. The van der Waals surface area contributed by atoms with Gasteiger partial charge in [0.2, 0.25) is 10.0 Å². The van der Waals surface area contributed by atoms with E-state index in [4.69, 9.17) is 5.11 Å². The third-order valence-corrected chi connectivity index (χ3v) is 4.33. The first kappa shape index (κ1) is 17.1. The number of carbonyl (C=O) groups is 1. The molecule has 0 radical (unpaired) electrons. The Labute approximate surface area is 122 Å². The van der Waals surface area contributed by atoms with Gasteiger partial charge < -0.3 is 5.11 Å². The Bertz CT molecular complexity index is 668. The quantitative estimate of drug-likeness (QED) is 0.601. The van der Waals surface area contributed by atoms with Gasteiger partial charge in [0.25, 0.3) is 5.69 Å². The maximum atomic E-state index is 12.1. The van der Waals surface area contributed by atoms with E-state index in [0.29, 0.717) is 0 Å². The number of sulfonamides is 1. The standard InChI is InChI=1S/C12H16N2O6S/c1-7(2)11(12(15)16)13-21(19,20)9-4-5-10(14(17)18)8(3)6-9/h4-7,11,13H,1-3H3,(H,15,16)/t11-/m1/s1. The number of nitrogens with one attached hydrogen (secondary N) is 1. The molecule has 0 saturated heterocycles. The Kier molecular flexibility index (Phi) is 5.02. The summed E-state index contributed by atoms with van der Waals surface area (Å²) >= 11 is 0. The van der Waals surface area contributed by atoms with E-state index in [1.807, 2.05) is 0 Å². The Morgan fingerprint density at radius 2 is 1.95 bits per heavy atom. The molecule has 0 aliphatic carbocycles. The lowest BCUT2D eigenvalue weighted by Crippen LogP contribution is -2.44. The predicted octanol–water partition coefficient (Wildman–Crippen LogP) is 1.29. The van der Waals surface area contributed by atoms with Crippen molar-refractivity contribution in [3.05, 3.63) is 33.9 Å². The van der Waals surface area contributed by atoms with Crippen molar-refractivity contribution in [1.29, 1.82) is 0 Å². The summed E-state index contributed by atoms with van der Waals surface area (Å²) < 4.78 is 26.4. The number of hydrogen-bond donors (Lipinski definition) is 2. The van der Waals surface area contributed by atoms with Crippen LogP contribution in [0.25, 0.3) is 0 Å². The van der Waals surface area contributed by atoms with Crippen molar-refractivity contribution in [3.8, 4) is 0 Å². The molecular weight excluding hydrogens is 300 g/mol. The number of hydrogen-bond acceptors (Lipinski definition) is 5. The van der Waals surface area contributed by atoms with E-state index in [2.05, 4.69) is 4.72 Å². The molecule has 0 unspecified atom stereocenters. The van der Waals surface area contributed by atoms with Gasteiger partial charge in [-0.05, 0) is 25.0 Å². The van der Waals surface area contributed by atoms with Crippen LogP contribution in [-0.4, -0.2) is 30.5 Å². The fourth-order valence-electron chi connectivity index (χ4n) is 1.71. The summed E-state index contributed by atoms with van der Waals surface area (Å²) in [6.07, 6.45) is 0. The first-order valence-electron chi connectivity index (χ1n) is 6.06. The summed E-state index contributed by atoms with van der Waals surface area (Å²) in [5.74, 6) is -1.73. The Balaban J connectivity index is 3.17. The third-order valence-electron chi connectivity index (χ3n) is 2.89. The van der Waals surface area contributed by atoms with Gasteiger partial charge in [0.15, 0.2) is 0 Å². The molecule has 1 aromatic rings. The normalized spacial score (nSPS) is 13.1. The summed E-state index contributed by atoms with van der Waals surface area (Å²) in [6.45, 7) is 4.55. The van der Waals surface area contributed by atoms with Gasteiger partial charge in [0.1, 0.15) is 6.04 Å². The number of carboxylic acid groups (broad SMARTS) is 1. The van der Waals surface area contributed by atoms with E-state index in [9.17, 15) is 23.3 Å². The average molecular weight is 316 g/mol. The lowest BCUT2D eigenvalue weighted by molar-refractivity contribution is -0.385. The van der Waals surface area contributed by atoms with E-state index in [1.165, 1.54) is 6.92 Å². The zero-order chi connectivity index (χ0) is 16.4. The molecule has 8 nitrogen and oxygen atoms in total. The second-order valence-corrected chi connectivity index (χ2v) is 6.60. The summed E-state index contributed by atoms with van der Waals surface area (Å²) in [5.41, 5.74) is -0.0214. The number of nitro groups is 1. The molecule has 1 atom stereocenters. The summed E-state index contributed by atoms with van der Waals surface area (Å²) in [7, 11) is -4.07. The summed E-state index contributed by atoms with van der Waals surface area (Å²) in [5, 5.41) is 19.7. The molecule has 9 heteroatoms. The van der Waals surface area contributed by atoms with Crippen LogP contribution in [0.15, 0.2) is 23.1 Å². The average Bonchev–Trinajstić information content (AvgIpc) is 2.34. The van der Waals surface area contributed by atoms with Crippen LogP contribution in [0.1, 0.15) is 19.4 Å². The fourth-order valence-corrected chi connectivity index (χ4v) is 3.13. The number of aliphatic carboxylic acids is 1.